The first-order valence-corrected chi connectivity index (χ1v) is 6.72. The van der Waals surface area contributed by atoms with Crippen LogP contribution >= 0.6 is 15.9 Å². The van der Waals surface area contributed by atoms with Gasteiger partial charge in [0.15, 0.2) is 0 Å². The molecule has 2 rings (SSSR count). The molecule has 0 bridgehead atoms. The number of carbonyl (C=O) groups is 1. The summed E-state index contributed by atoms with van der Waals surface area (Å²) >= 11 is 3.43. The summed E-state index contributed by atoms with van der Waals surface area (Å²) in [6.45, 7) is 4.62. The van der Waals surface area contributed by atoms with E-state index in [1.807, 2.05) is 6.92 Å². The Morgan fingerprint density at radius 2 is 2.12 bits per heavy atom. The van der Waals surface area contributed by atoms with E-state index in [9.17, 15) is 4.79 Å². The zero-order valence-electron chi connectivity index (χ0n) is 9.95. The zero-order valence-corrected chi connectivity index (χ0v) is 11.5. The van der Waals surface area contributed by atoms with Crippen molar-refractivity contribution in [3.63, 3.8) is 0 Å². The molecule has 1 aromatic carbocycles. The fraction of sp³-hybridized carbons (Fsp3) is 0.462. The Hall–Kier alpha value is -0.870. The summed E-state index contributed by atoms with van der Waals surface area (Å²) in [4.78, 5) is 13.7. The minimum atomic E-state index is -0.000742. The number of hydrogen-bond acceptors (Lipinski definition) is 2. The standard InChI is InChI=1S/C13H17BrN2O/c1-10-13(17)15-7-9-16(10)8-6-11-2-4-12(14)5-3-11/h2-5,10H,6-9H2,1H3,(H,15,17). The highest BCUT2D eigenvalue weighted by molar-refractivity contribution is 9.10. The van der Waals surface area contributed by atoms with Crippen molar-refractivity contribution in [1.82, 2.24) is 10.2 Å². The quantitative estimate of drug-likeness (QED) is 0.923. The largest absolute Gasteiger partial charge is 0.353 e. The number of nitrogens with one attached hydrogen (secondary N) is 1. The van der Waals surface area contributed by atoms with E-state index >= 15 is 0 Å². The second kappa shape index (κ2) is 5.65. The lowest BCUT2D eigenvalue weighted by atomic mass is 10.1. The lowest BCUT2D eigenvalue weighted by molar-refractivity contribution is -0.128. The van der Waals surface area contributed by atoms with Gasteiger partial charge in [-0.1, -0.05) is 28.1 Å². The van der Waals surface area contributed by atoms with Crippen LogP contribution in [0.25, 0.3) is 0 Å². The third kappa shape index (κ3) is 3.30. The van der Waals surface area contributed by atoms with Crippen LogP contribution in [0.4, 0.5) is 0 Å². The van der Waals surface area contributed by atoms with E-state index in [1.54, 1.807) is 0 Å². The van der Waals surface area contributed by atoms with Gasteiger partial charge in [0, 0.05) is 24.1 Å². The van der Waals surface area contributed by atoms with Gasteiger partial charge in [0.2, 0.25) is 5.91 Å². The fourth-order valence-corrected chi connectivity index (χ4v) is 2.32. The van der Waals surface area contributed by atoms with Crippen LogP contribution in [0.2, 0.25) is 0 Å². The van der Waals surface area contributed by atoms with Gasteiger partial charge in [0.05, 0.1) is 6.04 Å². The summed E-state index contributed by atoms with van der Waals surface area (Å²) in [5, 5.41) is 2.88. The number of rotatable bonds is 3. The Labute approximate surface area is 110 Å². The van der Waals surface area contributed by atoms with Crippen LogP contribution in [0.1, 0.15) is 12.5 Å². The monoisotopic (exact) mass is 296 g/mol. The molecule has 1 atom stereocenters. The maximum atomic E-state index is 11.5. The molecule has 0 radical (unpaired) electrons. The smallest absolute Gasteiger partial charge is 0.237 e. The normalized spacial score (nSPS) is 21.3. The van der Waals surface area contributed by atoms with Crippen molar-refractivity contribution in [2.45, 2.75) is 19.4 Å². The van der Waals surface area contributed by atoms with Gasteiger partial charge in [-0.05, 0) is 31.0 Å². The van der Waals surface area contributed by atoms with E-state index in [-0.39, 0.29) is 11.9 Å². The third-order valence-corrected chi connectivity index (χ3v) is 3.76. The SMILES string of the molecule is CC1C(=O)NCCN1CCc1ccc(Br)cc1. The van der Waals surface area contributed by atoms with E-state index in [2.05, 4.69) is 50.4 Å². The van der Waals surface area contributed by atoms with Gasteiger partial charge < -0.3 is 5.32 Å². The van der Waals surface area contributed by atoms with Gasteiger partial charge in [-0.3, -0.25) is 9.69 Å². The van der Waals surface area contributed by atoms with Crippen LogP contribution in [0.5, 0.6) is 0 Å². The molecule has 1 amide bonds. The van der Waals surface area contributed by atoms with Crippen molar-refractivity contribution in [2.75, 3.05) is 19.6 Å². The first-order valence-electron chi connectivity index (χ1n) is 5.93. The Balaban J connectivity index is 1.89. The van der Waals surface area contributed by atoms with Crippen molar-refractivity contribution < 1.29 is 4.79 Å². The lowest BCUT2D eigenvalue weighted by Crippen LogP contribution is -2.54. The molecule has 1 unspecified atom stereocenters. The molecule has 1 fully saturated rings. The van der Waals surface area contributed by atoms with Crippen LogP contribution < -0.4 is 5.32 Å². The molecule has 1 N–H and O–H groups in total. The molecular weight excluding hydrogens is 280 g/mol. The molecule has 0 saturated carbocycles. The van der Waals surface area contributed by atoms with Gasteiger partial charge in [0.25, 0.3) is 0 Å². The van der Waals surface area contributed by atoms with Crippen LogP contribution in [-0.2, 0) is 11.2 Å². The summed E-state index contributed by atoms with van der Waals surface area (Å²) in [5.74, 6) is 0.145. The van der Waals surface area contributed by atoms with Crippen molar-refractivity contribution in [2.24, 2.45) is 0 Å². The van der Waals surface area contributed by atoms with Crippen molar-refractivity contribution in [1.29, 1.82) is 0 Å². The van der Waals surface area contributed by atoms with Gasteiger partial charge >= 0.3 is 0 Å². The predicted molar refractivity (Wildman–Crippen MR) is 71.9 cm³/mol. The van der Waals surface area contributed by atoms with E-state index in [0.29, 0.717) is 0 Å². The van der Waals surface area contributed by atoms with Crippen LogP contribution in [-0.4, -0.2) is 36.5 Å². The lowest BCUT2D eigenvalue weighted by Gasteiger charge is -2.32. The molecule has 0 aromatic heterocycles. The zero-order chi connectivity index (χ0) is 12.3. The van der Waals surface area contributed by atoms with Crippen molar-refractivity contribution >= 4 is 21.8 Å². The molecule has 4 heteroatoms. The topological polar surface area (TPSA) is 32.3 Å². The number of halogens is 1. The number of nitrogens with zero attached hydrogens (tertiary/aromatic N) is 1. The van der Waals surface area contributed by atoms with Gasteiger partial charge in [-0.2, -0.15) is 0 Å². The van der Waals surface area contributed by atoms with Crippen LogP contribution in [0, 0.1) is 0 Å². The molecule has 3 nitrogen and oxygen atoms in total. The number of amides is 1. The Morgan fingerprint density at radius 3 is 2.82 bits per heavy atom. The summed E-state index contributed by atoms with van der Waals surface area (Å²) in [7, 11) is 0. The van der Waals surface area contributed by atoms with Crippen molar-refractivity contribution in [3.8, 4) is 0 Å². The van der Waals surface area contributed by atoms with E-state index in [1.165, 1.54) is 5.56 Å². The van der Waals surface area contributed by atoms with E-state index in [0.717, 1.165) is 30.5 Å². The maximum Gasteiger partial charge on any atom is 0.237 e. The molecular formula is C13H17BrN2O. The Morgan fingerprint density at radius 1 is 1.41 bits per heavy atom. The van der Waals surface area contributed by atoms with E-state index < -0.39 is 0 Å². The predicted octanol–water partition coefficient (Wildman–Crippen LogP) is 1.81. The summed E-state index contributed by atoms with van der Waals surface area (Å²) in [5.41, 5.74) is 1.31. The summed E-state index contributed by atoms with van der Waals surface area (Å²) < 4.78 is 1.10. The summed E-state index contributed by atoms with van der Waals surface area (Å²) in [6, 6.07) is 8.36. The molecule has 0 spiro atoms. The van der Waals surface area contributed by atoms with E-state index in [4.69, 9.17) is 0 Å². The second-order valence-electron chi connectivity index (χ2n) is 4.38. The second-order valence-corrected chi connectivity index (χ2v) is 5.30. The number of hydrogen-bond donors (Lipinski definition) is 1. The molecule has 17 heavy (non-hydrogen) atoms. The first-order chi connectivity index (χ1) is 8.16. The van der Waals surface area contributed by atoms with Gasteiger partial charge in [0.1, 0.15) is 0 Å². The number of benzene rings is 1. The minimum absolute atomic E-state index is 0.000742. The molecule has 0 aliphatic carbocycles. The molecule has 1 aliphatic rings. The van der Waals surface area contributed by atoms with Crippen molar-refractivity contribution in [3.05, 3.63) is 34.3 Å². The highest BCUT2D eigenvalue weighted by Crippen LogP contribution is 2.12. The Kier molecular flexibility index (Phi) is 4.18. The molecule has 1 heterocycles. The molecule has 1 aromatic rings. The fourth-order valence-electron chi connectivity index (χ4n) is 2.06. The highest BCUT2D eigenvalue weighted by Gasteiger charge is 2.24. The third-order valence-electron chi connectivity index (χ3n) is 3.23. The van der Waals surface area contributed by atoms with Gasteiger partial charge in [-0.25, -0.2) is 0 Å². The minimum Gasteiger partial charge on any atom is -0.353 e. The first kappa shape index (κ1) is 12.6. The van der Waals surface area contributed by atoms with Crippen LogP contribution in [0.3, 0.4) is 0 Å². The maximum absolute atomic E-state index is 11.5. The van der Waals surface area contributed by atoms with Gasteiger partial charge in [-0.15, -0.1) is 0 Å². The van der Waals surface area contributed by atoms with Crippen LogP contribution in [0.15, 0.2) is 28.7 Å². The number of piperazine rings is 1. The summed E-state index contributed by atoms with van der Waals surface area (Å²) in [6.07, 6.45) is 0.991. The Bertz CT molecular complexity index is 391. The highest BCUT2D eigenvalue weighted by atomic mass is 79.9. The molecule has 1 aliphatic heterocycles. The average Bonchev–Trinajstić information content (AvgIpc) is 2.33. The molecule has 1 saturated heterocycles. The molecule has 92 valence electrons. The average molecular weight is 297 g/mol. The number of carbonyl (C=O) groups excluding carboxylic acids is 1.